The first-order valence-corrected chi connectivity index (χ1v) is 7.10. The highest BCUT2D eigenvalue weighted by atomic mass is 32.3. The van der Waals surface area contributed by atoms with E-state index in [4.69, 9.17) is 0 Å². The number of carbonyl (C=O) groups is 1. The molecule has 0 bridgehead atoms. The quantitative estimate of drug-likeness (QED) is 0.485. The minimum absolute atomic E-state index is 0.318. The number of carbonyl (C=O) groups excluding carboxylic acids is 1. The largest absolute Gasteiger partial charge is 0.309 e. The monoisotopic (exact) mass is 311 g/mol. The summed E-state index contributed by atoms with van der Waals surface area (Å²) in [6.07, 6.45) is -0.333. The van der Waals surface area contributed by atoms with E-state index < -0.39 is 50.9 Å². The lowest BCUT2D eigenvalue weighted by Crippen LogP contribution is -2.26. The Bertz CT molecular complexity index is 662. The van der Waals surface area contributed by atoms with Crippen LogP contribution < -0.4 is 4.90 Å². The SMILES string of the molecule is O=C1CC(CS(=O)(=O)F)CN1c1cc(F)cc(F)c1F. The molecule has 1 aliphatic heterocycles. The number of rotatable bonds is 3. The number of benzene rings is 1. The molecule has 1 aliphatic rings. The topological polar surface area (TPSA) is 54.5 Å². The van der Waals surface area contributed by atoms with Crippen LogP contribution in [-0.2, 0) is 15.0 Å². The highest BCUT2D eigenvalue weighted by Crippen LogP contribution is 2.30. The molecular weight excluding hydrogens is 302 g/mol. The minimum atomic E-state index is -4.78. The number of hydrogen-bond acceptors (Lipinski definition) is 3. The summed E-state index contributed by atoms with van der Waals surface area (Å²) < 4.78 is 73.3. The number of halogens is 4. The van der Waals surface area contributed by atoms with Gasteiger partial charge in [-0.3, -0.25) is 4.79 Å². The van der Waals surface area contributed by atoms with E-state index in [0.717, 1.165) is 4.90 Å². The zero-order chi connectivity index (χ0) is 15.1. The maximum Gasteiger partial charge on any atom is 0.302 e. The van der Waals surface area contributed by atoms with Crippen LogP contribution in [0.1, 0.15) is 6.42 Å². The molecule has 0 radical (unpaired) electrons. The van der Waals surface area contributed by atoms with Crippen LogP contribution >= 0.6 is 0 Å². The first kappa shape index (κ1) is 14.8. The van der Waals surface area contributed by atoms with E-state index >= 15 is 0 Å². The Morgan fingerprint density at radius 1 is 1.25 bits per heavy atom. The Balaban J connectivity index is 2.29. The highest BCUT2D eigenvalue weighted by Gasteiger charge is 2.35. The summed E-state index contributed by atoms with van der Waals surface area (Å²) in [5.74, 6) is -6.45. The lowest BCUT2D eigenvalue weighted by Gasteiger charge is -2.17. The van der Waals surface area contributed by atoms with Crippen molar-refractivity contribution < 1.29 is 30.3 Å². The van der Waals surface area contributed by atoms with Crippen molar-refractivity contribution in [2.24, 2.45) is 5.92 Å². The van der Waals surface area contributed by atoms with Crippen molar-refractivity contribution >= 4 is 21.8 Å². The van der Waals surface area contributed by atoms with E-state index in [1.54, 1.807) is 0 Å². The molecule has 0 N–H and O–H groups in total. The summed E-state index contributed by atoms with van der Waals surface area (Å²) >= 11 is 0. The van der Waals surface area contributed by atoms with Crippen molar-refractivity contribution in [2.45, 2.75) is 6.42 Å². The lowest BCUT2D eigenvalue weighted by molar-refractivity contribution is -0.117. The van der Waals surface area contributed by atoms with Gasteiger partial charge in [-0.2, -0.15) is 8.42 Å². The van der Waals surface area contributed by atoms with E-state index in [2.05, 4.69) is 0 Å². The van der Waals surface area contributed by atoms with E-state index in [9.17, 15) is 30.3 Å². The fourth-order valence-corrected chi connectivity index (χ4v) is 2.93. The Morgan fingerprint density at radius 2 is 1.90 bits per heavy atom. The lowest BCUT2D eigenvalue weighted by atomic mass is 10.1. The zero-order valence-corrected chi connectivity index (χ0v) is 10.8. The maximum absolute atomic E-state index is 13.5. The Morgan fingerprint density at radius 3 is 2.50 bits per heavy atom. The van der Waals surface area contributed by atoms with Crippen molar-refractivity contribution in [1.29, 1.82) is 0 Å². The van der Waals surface area contributed by atoms with Crippen molar-refractivity contribution in [2.75, 3.05) is 17.2 Å². The summed E-state index contributed by atoms with van der Waals surface area (Å²) in [5, 5.41) is 0. The molecule has 0 spiro atoms. The Kier molecular flexibility index (Phi) is 3.72. The molecule has 1 aromatic carbocycles. The molecule has 1 atom stereocenters. The van der Waals surface area contributed by atoms with E-state index in [0.29, 0.717) is 12.1 Å². The van der Waals surface area contributed by atoms with Gasteiger partial charge in [-0.15, -0.1) is 3.89 Å². The predicted octanol–water partition coefficient (Wildman–Crippen LogP) is 1.76. The Labute approximate surface area is 112 Å². The van der Waals surface area contributed by atoms with Crippen LogP contribution in [-0.4, -0.2) is 26.6 Å². The fourth-order valence-electron chi connectivity index (χ4n) is 2.15. The van der Waals surface area contributed by atoms with E-state index in [1.165, 1.54) is 0 Å². The molecule has 1 amide bonds. The molecule has 0 aliphatic carbocycles. The molecule has 110 valence electrons. The molecule has 9 heteroatoms. The van der Waals surface area contributed by atoms with Gasteiger partial charge in [0.15, 0.2) is 11.6 Å². The Hall–Kier alpha value is -1.64. The standard InChI is InChI=1S/C11H9F4NO3S/c12-7-2-8(13)11(14)9(3-7)16-4-6(1-10(16)17)5-20(15,18)19/h2-3,6H,1,4-5H2. The van der Waals surface area contributed by atoms with Gasteiger partial charge in [0, 0.05) is 31.0 Å². The second kappa shape index (κ2) is 5.04. The number of nitrogens with zero attached hydrogens (tertiary/aromatic N) is 1. The third-order valence-electron chi connectivity index (χ3n) is 2.90. The van der Waals surface area contributed by atoms with Gasteiger partial charge >= 0.3 is 10.2 Å². The molecule has 2 rings (SSSR count). The van der Waals surface area contributed by atoms with Crippen LogP contribution in [0, 0.1) is 23.4 Å². The molecule has 0 aromatic heterocycles. The van der Waals surface area contributed by atoms with Crippen LogP contribution in [0.2, 0.25) is 0 Å². The first-order chi connectivity index (χ1) is 9.17. The molecule has 1 heterocycles. The van der Waals surface area contributed by atoms with Gasteiger partial charge in [0.1, 0.15) is 5.82 Å². The first-order valence-electron chi connectivity index (χ1n) is 5.54. The molecule has 20 heavy (non-hydrogen) atoms. The van der Waals surface area contributed by atoms with Crippen molar-refractivity contribution in [3.8, 4) is 0 Å². The average molecular weight is 311 g/mol. The molecule has 1 saturated heterocycles. The van der Waals surface area contributed by atoms with Gasteiger partial charge in [0.05, 0.1) is 11.4 Å². The van der Waals surface area contributed by atoms with Gasteiger partial charge < -0.3 is 4.90 Å². The van der Waals surface area contributed by atoms with E-state index in [-0.39, 0.29) is 13.0 Å². The average Bonchev–Trinajstić information content (AvgIpc) is 2.62. The summed E-state index contributed by atoms with van der Waals surface area (Å²) in [6, 6.07) is 0.950. The van der Waals surface area contributed by atoms with Gasteiger partial charge in [-0.05, 0) is 0 Å². The second-order valence-corrected chi connectivity index (χ2v) is 5.91. The van der Waals surface area contributed by atoms with Crippen molar-refractivity contribution in [3.63, 3.8) is 0 Å². The van der Waals surface area contributed by atoms with E-state index in [1.807, 2.05) is 0 Å². The number of anilines is 1. The molecular formula is C11H9F4NO3S. The summed E-state index contributed by atoms with van der Waals surface area (Å²) in [4.78, 5) is 12.4. The highest BCUT2D eigenvalue weighted by molar-refractivity contribution is 7.86. The van der Waals surface area contributed by atoms with Crippen LogP contribution in [0.15, 0.2) is 12.1 Å². The number of hydrogen-bond donors (Lipinski definition) is 0. The summed E-state index contributed by atoms with van der Waals surface area (Å²) in [6.45, 7) is -0.318. The van der Waals surface area contributed by atoms with Gasteiger partial charge in [0.25, 0.3) is 0 Å². The zero-order valence-electron chi connectivity index (χ0n) is 9.95. The number of amides is 1. The molecule has 0 saturated carbocycles. The predicted molar refractivity (Wildman–Crippen MR) is 61.7 cm³/mol. The summed E-state index contributed by atoms with van der Waals surface area (Å²) in [7, 11) is -4.78. The van der Waals surface area contributed by atoms with Crippen molar-refractivity contribution in [3.05, 3.63) is 29.6 Å². The summed E-state index contributed by atoms with van der Waals surface area (Å²) in [5.41, 5.74) is -0.619. The molecule has 1 fully saturated rings. The van der Waals surface area contributed by atoms with Crippen LogP contribution in [0.5, 0.6) is 0 Å². The second-order valence-electron chi connectivity index (χ2n) is 4.50. The molecule has 4 nitrogen and oxygen atoms in total. The molecule has 1 aromatic rings. The maximum atomic E-state index is 13.5. The smallest absolute Gasteiger partial charge is 0.302 e. The van der Waals surface area contributed by atoms with Crippen molar-refractivity contribution in [1.82, 2.24) is 0 Å². The third-order valence-corrected chi connectivity index (χ3v) is 3.77. The fraction of sp³-hybridized carbons (Fsp3) is 0.364. The van der Waals surface area contributed by atoms with Gasteiger partial charge in [0.2, 0.25) is 5.91 Å². The van der Waals surface area contributed by atoms with Crippen LogP contribution in [0.4, 0.5) is 22.7 Å². The van der Waals surface area contributed by atoms with Gasteiger partial charge in [-0.1, -0.05) is 0 Å². The van der Waals surface area contributed by atoms with Crippen LogP contribution in [0.25, 0.3) is 0 Å². The normalized spacial score (nSPS) is 19.7. The van der Waals surface area contributed by atoms with Crippen LogP contribution in [0.3, 0.4) is 0 Å². The third kappa shape index (κ3) is 3.09. The van der Waals surface area contributed by atoms with Gasteiger partial charge in [-0.25, -0.2) is 13.2 Å². The molecule has 1 unspecified atom stereocenters. The minimum Gasteiger partial charge on any atom is -0.309 e.